The highest BCUT2D eigenvalue weighted by molar-refractivity contribution is 7.18. The number of nitrogens with zero attached hydrogens (tertiary/aromatic N) is 2. The molecule has 21 heavy (non-hydrogen) atoms. The first-order valence-electron chi connectivity index (χ1n) is 7.01. The normalized spacial score (nSPS) is 11.0. The van der Waals surface area contributed by atoms with Crippen LogP contribution in [-0.4, -0.2) is 9.97 Å². The van der Waals surface area contributed by atoms with E-state index in [1.54, 1.807) is 23.5 Å². The summed E-state index contributed by atoms with van der Waals surface area (Å²) in [6, 6.07) is 8.42. The molecule has 1 aromatic carbocycles. The van der Waals surface area contributed by atoms with E-state index >= 15 is 0 Å². The minimum atomic E-state index is -0.244. The minimum Gasteiger partial charge on any atom is -0.340 e. The largest absolute Gasteiger partial charge is 0.340 e. The summed E-state index contributed by atoms with van der Waals surface area (Å²) in [7, 11) is 0. The van der Waals surface area contributed by atoms with Gasteiger partial charge in [-0.15, -0.1) is 11.3 Å². The summed E-state index contributed by atoms with van der Waals surface area (Å²) in [5.41, 5.74) is 0.822. The number of aryl methyl sites for hydroxylation is 2. The number of benzene rings is 1. The molecule has 0 aliphatic rings. The number of aromatic nitrogens is 2. The zero-order valence-electron chi connectivity index (χ0n) is 12.0. The maximum absolute atomic E-state index is 13.0. The predicted molar refractivity (Wildman–Crippen MR) is 85.9 cm³/mol. The van der Waals surface area contributed by atoms with Crippen LogP contribution in [0.3, 0.4) is 0 Å². The predicted octanol–water partition coefficient (Wildman–Crippen LogP) is 4.70. The van der Waals surface area contributed by atoms with Crippen molar-refractivity contribution in [1.29, 1.82) is 0 Å². The molecule has 0 saturated heterocycles. The molecular weight excluding hydrogens is 285 g/mol. The molecule has 0 fully saturated rings. The Balaban J connectivity index is 2.06. The average Bonchev–Trinajstić information content (AvgIpc) is 2.92. The van der Waals surface area contributed by atoms with Gasteiger partial charge in [0, 0.05) is 17.0 Å². The van der Waals surface area contributed by atoms with E-state index in [4.69, 9.17) is 0 Å². The zero-order valence-corrected chi connectivity index (χ0v) is 12.8. The molecule has 2 aromatic heterocycles. The fraction of sp³-hybridized carbons (Fsp3) is 0.250. The fourth-order valence-electron chi connectivity index (χ4n) is 2.11. The molecule has 0 radical (unpaired) electrons. The lowest BCUT2D eigenvalue weighted by Crippen LogP contribution is -1.99. The number of hydrogen-bond donors (Lipinski definition) is 1. The van der Waals surface area contributed by atoms with Crippen molar-refractivity contribution in [3.63, 3.8) is 0 Å². The van der Waals surface area contributed by atoms with Crippen LogP contribution < -0.4 is 5.32 Å². The monoisotopic (exact) mass is 301 g/mol. The van der Waals surface area contributed by atoms with Crippen molar-refractivity contribution >= 4 is 33.1 Å². The summed E-state index contributed by atoms with van der Waals surface area (Å²) in [5, 5.41) is 4.30. The van der Waals surface area contributed by atoms with Gasteiger partial charge in [-0.3, -0.25) is 0 Å². The summed E-state index contributed by atoms with van der Waals surface area (Å²) < 4.78 is 13.0. The van der Waals surface area contributed by atoms with E-state index in [1.807, 2.05) is 6.92 Å². The third-order valence-electron chi connectivity index (χ3n) is 3.26. The quantitative estimate of drug-likeness (QED) is 0.759. The summed E-state index contributed by atoms with van der Waals surface area (Å²) in [6.45, 7) is 4.17. The van der Waals surface area contributed by atoms with Crippen molar-refractivity contribution in [3.8, 4) is 0 Å². The number of halogens is 1. The molecule has 5 heteroatoms. The highest BCUT2D eigenvalue weighted by Gasteiger charge is 2.11. The van der Waals surface area contributed by atoms with Crippen LogP contribution in [0.15, 0.2) is 30.3 Å². The number of anilines is 2. The molecule has 0 spiro atoms. The zero-order chi connectivity index (χ0) is 14.8. The van der Waals surface area contributed by atoms with Gasteiger partial charge >= 0.3 is 0 Å². The van der Waals surface area contributed by atoms with Crippen molar-refractivity contribution in [2.24, 2.45) is 0 Å². The second kappa shape index (κ2) is 5.77. The molecule has 0 unspecified atom stereocenters. The van der Waals surface area contributed by atoms with Gasteiger partial charge in [0.15, 0.2) is 0 Å². The molecule has 1 N–H and O–H groups in total. The van der Waals surface area contributed by atoms with Crippen molar-refractivity contribution < 1.29 is 4.39 Å². The molecule has 3 nitrogen and oxygen atoms in total. The molecule has 0 saturated carbocycles. The second-order valence-electron chi connectivity index (χ2n) is 4.76. The van der Waals surface area contributed by atoms with Crippen molar-refractivity contribution in [1.82, 2.24) is 9.97 Å². The molecule has 0 aliphatic heterocycles. The van der Waals surface area contributed by atoms with Crippen molar-refractivity contribution in [2.75, 3.05) is 5.32 Å². The van der Waals surface area contributed by atoms with Crippen LogP contribution in [0.1, 0.15) is 24.5 Å². The SMILES string of the molecule is CCc1nc(Nc2ccc(F)cc2)c2cc(CC)sc2n1. The number of nitrogens with one attached hydrogen (secondary N) is 1. The first-order valence-corrected chi connectivity index (χ1v) is 7.83. The summed E-state index contributed by atoms with van der Waals surface area (Å²) >= 11 is 1.70. The van der Waals surface area contributed by atoms with E-state index in [2.05, 4.69) is 28.3 Å². The Morgan fingerprint density at radius 2 is 1.86 bits per heavy atom. The van der Waals surface area contributed by atoms with Crippen molar-refractivity contribution in [2.45, 2.75) is 26.7 Å². The van der Waals surface area contributed by atoms with Gasteiger partial charge in [-0.1, -0.05) is 13.8 Å². The topological polar surface area (TPSA) is 37.8 Å². The average molecular weight is 301 g/mol. The molecular formula is C16H16FN3S. The van der Waals surface area contributed by atoms with E-state index in [9.17, 15) is 4.39 Å². The molecule has 0 bridgehead atoms. The first kappa shape index (κ1) is 13.9. The maximum Gasteiger partial charge on any atom is 0.142 e. The van der Waals surface area contributed by atoms with Crippen molar-refractivity contribution in [3.05, 3.63) is 46.9 Å². The summed E-state index contributed by atoms with van der Waals surface area (Å²) in [6.07, 6.45) is 1.77. The highest BCUT2D eigenvalue weighted by Crippen LogP contribution is 2.31. The van der Waals surface area contributed by atoms with Gasteiger partial charge in [-0.25, -0.2) is 14.4 Å². The highest BCUT2D eigenvalue weighted by atomic mass is 32.1. The maximum atomic E-state index is 13.0. The van der Waals surface area contributed by atoms with Crippen LogP contribution in [0.5, 0.6) is 0 Å². The van der Waals surface area contributed by atoms with E-state index in [1.165, 1.54) is 17.0 Å². The van der Waals surface area contributed by atoms with Crippen LogP contribution in [0.25, 0.3) is 10.2 Å². The number of thiophene rings is 1. The van der Waals surface area contributed by atoms with E-state index in [0.29, 0.717) is 0 Å². The van der Waals surface area contributed by atoms with E-state index in [-0.39, 0.29) is 5.82 Å². The fourth-order valence-corrected chi connectivity index (χ4v) is 3.10. The number of fused-ring (bicyclic) bond motifs is 1. The molecule has 3 aromatic rings. The van der Waals surface area contributed by atoms with E-state index in [0.717, 1.165) is 40.4 Å². The molecule has 2 heterocycles. The lowest BCUT2D eigenvalue weighted by atomic mass is 10.2. The lowest BCUT2D eigenvalue weighted by Gasteiger charge is -2.08. The molecule has 3 rings (SSSR count). The van der Waals surface area contributed by atoms with Gasteiger partial charge in [0.05, 0.1) is 5.39 Å². The lowest BCUT2D eigenvalue weighted by molar-refractivity contribution is 0.628. The third-order valence-corrected chi connectivity index (χ3v) is 4.43. The summed E-state index contributed by atoms with van der Waals surface area (Å²) in [4.78, 5) is 11.5. The molecule has 108 valence electrons. The number of hydrogen-bond acceptors (Lipinski definition) is 4. The van der Waals surface area contributed by atoms with Gasteiger partial charge in [0.2, 0.25) is 0 Å². The minimum absolute atomic E-state index is 0.244. The Bertz CT molecular complexity index is 765. The van der Waals surface area contributed by atoms with Crippen LogP contribution in [0.2, 0.25) is 0 Å². The van der Waals surface area contributed by atoms with E-state index < -0.39 is 0 Å². The van der Waals surface area contributed by atoms with Crippen LogP contribution in [0.4, 0.5) is 15.9 Å². The van der Waals surface area contributed by atoms with Crippen LogP contribution >= 0.6 is 11.3 Å². The van der Waals surface area contributed by atoms with Gasteiger partial charge in [0.25, 0.3) is 0 Å². The first-order chi connectivity index (χ1) is 10.2. The Hall–Kier alpha value is -2.01. The van der Waals surface area contributed by atoms with Gasteiger partial charge < -0.3 is 5.32 Å². The number of rotatable bonds is 4. The Morgan fingerprint density at radius 3 is 2.52 bits per heavy atom. The van der Waals surface area contributed by atoms with Gasteiger partial charge in [-0.05, 0) is 36.8 Å². The molecule has 0 atom stereocenters. The van der Waals surface area contributed by atoms with Gasteiger partial charge in [0.1, 0.15) is 22.3 Å². The Labute approximate surface area is 126 Å². The molecule has 0 amide bonds. The standard InChI is InChI=1S/C16H16FN3S/c1-3-12-9-13-15(18-11-7-5-10(17)6-8-11)19-14(4-2)20-16(13)21-12/h5-9H,3-4H2,1-2H3,(H,18,19,20). The Morgan fingerprint density at radius 1 is 1.10 bits per heavy atom. The molecule has 0 aliphatic carbocycles. The smallest absolute Gasteiger partial charge is 0.142 e. The van der Waals surface area contributed by atoms with Crippen LogP contribution in [0, 0.1) is 5.82 Å². The second-order valence-corrected chi connectivity index (χ2v) is 5.87. The van der Waals surface area contributed by atoms with Crippen LogP contribution in [-0.2, 0) is 12.8 Å². The Kier molecular flexibility index (Phi) is 3.84. The third kappa shape index (κ3) is 2.88. The van der Waals surface area contributed by atoms with Gasteiger partial charge in [-0.2, -0.15) is 0 Å². The summed E-state index contributed by atoms with van der Waals surface area (Å²) in [5.74, 6) is 1.36.